The third kappa shape index (κ3) is 1.79. The first kappa shape index (κ1) is 12.3. The van der Waals surface area contributed by atoms with Gasteiger partial charge in [0, 0.05) is 6.04 Å². The summed E-state index contributed by atoms with van der Waals surface area (Å²) < 4.78 is 23.8. The fourth-order valence-corrected chi connectivity index (χ4v) is 5.68. The van der Waals surface area contributed by atoms with E-state index in [1.54, 1.807) is 0 Å². The van der Waals surface area contributed by atoms with Crippen LogP contribution in [0.3, 0.4) is 0 Å². The van der Waals surface area contributed by atoms with Gasteiger partial charge in [-0.05, 0) is 32.1 Å². The third-order valence-electron chi connectivity index (χ3n) is 4.19. The van der Waals surface area contributed by atoms with Crippen LogP contribution in [0.4, 0.5) is 0 Å². The molecule has 0 aliphatic carbocycles. The van der Waals surface area contributed by atoms with Gasteiger partial charge in [-0.15, -0.1) is 0 Å². The molecule has 0 amide bonds. The molecule has 2 rings (SSSR count). The minimum absolute atomic E-state index is 0.281. The van der Waals surface area contributed by atoms with Gasteiger partial charge in [0.05, 0.1) is 16.1 Å². The highest BCUT2D eigenvalue weighted by Gasteiger charge is 2.54. The van der Waals surface area contributed by atoms with Crippen LogP contribution in [0, 0.1) is 0 Å². The maximum atomic E-state index is 11.9. The molecule has 2 saturated heterocycles. The Morgan fingerprint density at radius 1 is 1.38 bits per heavy atom. The fraction of sp³-hybridized carbons (Fsp3) is 1.00. The lowest BCUT2D eigenvalue weighted by Gasteiger charge is -2.40. The predicted molar refractivity (Wildman–Crippen MR) is 62.8 cm³/mol. The quantitative estimate of drug-likeness (QED) is 0.764. The molecule has 2 aliphatic rings. The zero-order chi connectivity index (χ0) is 12.0. The van der Waals surface area contributed by atoms with Gasteiger partial charge < -0.3 is 10.8 Å². The normalized spacial score (nSPS) is 43.2. The van der Waals surface area contributed by atoms with Gasteiger partial charge in [-0.25, -0.2) is 8.42 Å². The largest absolute Gasteiger partial charge is 0.388 e. The molecular formula is C11H21NO3S. The molecule has 3 N–H and O–H groups in total. The molecule has 4 nitrogen and oxygen atoms in total. The number of hydrogen-bond acceptors (Lipinski definition) is 4. The van der Waals surface area contributed by atoms with Crippen LogP contribution in [0.2, 0.25) is 0 Å². The lowest BCUT2D eigenvalue weighted by Crippen LogP contribution is -2.55. The van der Waals surface area contributed by atoms with Gasteiger partial charge in [-0.3, -0.25) is 0 Å². The molecule has 0 spiro atoms. The average molecular weight is 247 g/mol. The summed E-state index contributed by atoms with van der Waals surface area (Å²) in [6.45, 7) is 2.03. The van der Waals surface area contributed by atoms with Crippen LogP contribution in [0.15, 0.2) is 0 Å². The summed E-state index contributed by atoms with van der Waals surface area (Å²) in [4.78, 5) is 0. The van der Waals surface area contributed by atoms with Crippen molar-refractivity contribution in [3.8, 4) is 0 Å². The number of sulfone groups is 1. The highest BCUT2D eigenvalue weighted by atomic mass is 32.2. The molecule has 0 aromatic carbocycles. The Hall–Kier alpha value is -0.130. The van der Waals surface area contributed by atoms with Crippen LogP contribution in [-0.2, 0) is 9.84 Å². The van der Waals surface area contributed by atoms with Crippen molar-refractivity contribution >= 4 is 9.84 Å². The number of hydrogen-bond donors (Lipinski definition) is 2. The smallest absolute Gasteiger partial charge is 0.156 e. The van der Waals surface area contributed by atoms with E-state index in [0.717, 1.165) is 12.8 Å². The third-order valence-corrected chi connectivity index (χ3v) is 6.86. The second-order valence-corrected chi connectivity index (χ2v) is 7.83. The summed E-state index contributed by atoms with van der Waals surface area (Å²) in [6.07, 6.45) is 3.77. The molecule has 2 heterocycles. The SMILES string of the molecule is CCCC(N)C1(O)CC2CCC(C1)S2(=O)=O. The molecule has 0 saturated carbocycles. The minimum Gasteiger partial charge on any atom is -0.388 e. The number of nitrogens with two attached hydrogens (primary N) is 1. The summed E-state index contributed by atoms with van der Waals surface area (Å²) in [6, 6.07) is -0.281. The van der Waals surface area contributed by atoms with Crippen LogP contribution in [0.1, 0.15) is 45.4 Å². The second kappa shape index (κ2) is 3.96. The molecule has 2 bridgehead atoms. The van der Waals surface area contributed by atoms with E-state index in [9.17, 15) is 13.5 Å². The maximum absolute atomic E-state index is 11.9. The number of aliphatic hydroxyl groups is 1. The zero-order valence-corrected chi connectivity index (χ0v) is 10.5. The van der Waals surface area contributed by atoms with Crippen LogP contribution in [0.25, 0.3) is 0 Å². The molecule has 3 atom stereocenters. The van der Waals surface area contributed by atoms with E-state index in [4.69, 9.17) is 5.73 Å². The molecule has 2 aliphatic heterocycles. The molecular weight excluding hydrogens is 226 g/mol. The van der Waals surface area contributed by atoms with Gasteiger partial charge in [0.15, 0.2) is 9.84 Å². The Balaban J connectivity index is 2.18. The van der Waals surface area contributed by atoms with Crippen LogP contribution in [-0.4, -0.2) is 35.7 Å². The van der Waals surface area contributed by atoms with Gasteiger partial charge in [0.2, 0.25) is 0 Å². The maximum Gasteiger partial charge on any atom is 0.156 e. The van der Waals surface area contributed by atoms with E-state index in [1.165, 1.54) is 0 Å². The molecule has 0 radical (unpaired) electrons. The van der Waals surface area contributed by atoms with E-state index in [0.29, 0.717) is 25.7 Å². The lowest BCUT2D eigenvalue weighted by atomic mass is 9.84. The van der Waals surface area contributed by atoms with Gasteiger partial charge in [-0.2, -0.15) is 0 Å². The molecule has 5 heteroatoms. The summed E-state index contributed by atoms with van der Waals surface area (Å²) in [5, 5.41) is 9.80. The van der Waals surface area contributed by atoms with Gasteiger partial charge in [-0.1, -0.05) is 13.3 Å². The predicted octanol–water partition coefficient (Wildman–Crippen LogP) is 0.584. The average Bonchev–Trinajstić information content (AvgIpc) is 2.40. The monoisotopic (exact) mass is 247 g/mol. The zero-order valence-electron chi connectivity index (χ0n) is 9.72. The first-order valence-electron chi connectivity index (χ1n) is 6.11. The molecule has 16 heavy (non-hydrogen) atoms. The van der Waals surface area contributed by atoms with Gasteiger partial charge in [0.25, 0.3) is 0 Å². The van der Waals surface area contributed by atoms with Crippen molar-refractivity contribution in [1.29, 1.82) is 0 Å². The van der Waals surface area contributed by atoms with Crippen molar-refractivity contribution in [3.63, 3.8) is 0 Å². The molecule has 0 aromatic heterocycles. The lowest BCUT2D eigenvalue weighted by molar-refractivity contribution is -0.00585. The van der Waals surface area contributed by atoms with Crippen molar-refractivity contribution in [2.45, 2.75) is 67.6 Å². The van der Waals surface area contributed by atoms with E-state index >= 15 is 0 Å². The molecule has 0 aromatic rings. The van der Waals surface area contributed by atoms with E-state index in [1.807, 2.05) is 6.92 Å². The fourth-order valence-electron chi connectivity index (χ4n) is 3.16. The second-order valence-electron chi connectivity index (χ2n) is 5.32. The highest BCUT2D eigenvalue weighted by Crippen LogP contribution is 2.44. The van der Waals surface area contributed by atoms with Crippen molar-refractivity contribution < 1.29 is 13.5 Å². The highest BCUT2D eigenvalue weighted by molar-refractivity contribution is 7.93. The number of rotatable bonds is 3. The topological polar surface area (TPSA) is 80.4 Å². The van der Waals surface area contributed by atoms with Crippen LogP contribution >= 0.6 is 0 Å². The summed E-state index contributed by atoms with van der Waals surface area (Å²) in [7, 11) is -2.96. The summed E-state index contributed by atoms with van der Waals surface area (Å²) in [5.41, 5.74) is 5.04. The Morgan fingerprint density at radius 3 is 2.31 bits per heavy atom. The van der Waals surface area contributed by atoms with Crippen LogP contribution < -0.4 is 5.73 Å². The van der Waals surface area contributed by atoms with Crippen LogP contribution in [0.5, 0.6) is 0 Å². The minimum atomic E-state index is -2.96. The van der Waals surface area contributed by atoms with Crippen molar-refractivity contribution in [2.24, 2.45) is 5.73 Å². The van der Waals surface area contributed by atoms with E-state index in [-0.39, 0.29) is 16.5 Å². The Bertz CT molecular complexity index is 345. The Kier molecular flexibility index (Phi) is 3.05. The first-order chi connectivity index (χ1) is 7.40. The van der Waals surface area contributed by atoms with E-state index < -0.39 is 15.4 Å². The summed E-state index contributed by atoms with van der Waals surface area (Å²) >= 11 is 0. The molecule has 94 valence electrons. The molecule has 3 unspecified atom stereocenters. The Labute approximate surface area is 97.1 Å². The van der Waals surface area contributed by atoms with Crippen molar-refractivity contribution in [3.05, 3.63) is 0 Å². The molecule has 2 fully saturated rings. The van der Waals surface area contributed by atoms with Gasteiger partial charge in [0.1, 0.15) is 0 Å². The standard InChI is InChI=1S/C11H21NO3S/c1-2-3-10(12)11(13)6-8-4-5-9(7-11)16(8,14)15/h8-10,13H,2-7,12H2,1H3. The Morgan fingerprint density at radius 2 is 1.88 bits per heavy atom. The summed E-state index contributed by atoms with van der Waals surface area (Å²) in [5.74, 6) is 0. The first-order valence-corrected chi connectivity index (χ1v) is 7.72. The number of fused-ring (bicyclic) bond motifs is 2. The van der Waals surface area contributed by atoms with Crippen molar-refractivity contribution in [1.82, 2.24) is 0 Å². The van der Waals surface area contributed by atoms with Crippen molar-refractivity contribution in [2.75, 3.05) is 0 Å². The van der Waals surface area contributed by atoms with Gasteiger partial charge >= 0.3 is 0 Å². The van der Waals surface area contributed by atoms with E-state index in [2.05, 4.69) is 0 Å².